The normalized spacial score (nSPS) is 30.2. The van der Waals surface area contributed by atoms with Crippen LogP contribution in [0.25, 0.3) is 0 Å². The minimum absolute atomic E-state index is 0.0318. The molecule has 20 heavy (non-hydrogen) atoms. The Bertz CT molecular complexity index is 538. The number of nitrogens with zero attached hydrogens (tertiary/aromatic N) is 1. The molecule has 3 unspecified atom stereocenters. The number of nitrogens with one attached hydrogen (secondary N) is 1. The van der Waals surface area contributed by atoms with Gasteiger partial charge in [0.15, 0.2) is 11.6 Å². The van der Waals surface area contributed by atoms with Gasteiger partial charge in [-0.3, -0.25) is 10.1 Å². The van der Waals surface area contributed by atoms with Gasteiger partial charge in [-0.25, -0.2) is 8.78 Å². The summed E-state index contributed by atoms with van der Waals surface area (Å²) in [6.45, 7) is 2.73. The number of hydrogen-bond acceptors (Lipinski definition) is 3. The molecule has 1 aromatic carbocycles. The van der Waals surface area contributed by atoms with Gasteiger partial charge in [0.25, 0.3) is 0 Å². The van der Waals surface area contributed by atoms with Crippen molar-refractivity contribution in [1.29, 1.82) is 0 Å². The minimum atomic E-state index is -0.903. The number of carbonyl (C=O) groups is 1. The Morgan fingerprint density at radius 2 is 2.15 bits per heavy atom. The third-order valence-corrected chi connectivity index (χ3v) is 3.97. The summed E-state index contributed by atoms with van der Waals surface area (Å²) in [5, 5.41) is 3.05. The second-order valence-electron chi connectivity index (χ2n) is 5.19. The van der Waals surface area contributed by atoms with Gasteiger partial charge >= 0.3 is 0 Å². The third kappa shape index (κ3) is 2.19. The summed E-state index contributed by atoms with van der Waals surface area (Å²) in [6, 6.07) is 3.69. The fraction of sp³-hybridized carbons (Fsp3) is 0.500. The monoisotopic (exact) mass is 282 g/mol. The number of halogens is 2. The van der Waals surface area contributed by atoms with Crippen molar-refractivity contribution in [2.24, 2.45) is 0 Å². The Hall–Kier alpha value is -1.53. The molecule has 2 aliphatic heterocycles. The highest BCUT2D eigenvalue weighted by molar-refractivity contribution is 5.81. The number of benzene rings is 1. The Labute approximate surface area is 115 Å². The van der Waals surface area contributed by atoms with Gasteiger partial charge in [0.05, 0.1) is 18.7 Å². The number of amides is 1. The van der Waals surface area contributed by atoms with E-state index in [2.05, 4.69) is 5.32 Å². The quantitative estimate of drug-likeness (QED) is 0.895. The van der Waals surface area contributed by atoms with Crippen molar-refractivity contribution in [3.05, 3.63) is 35.4 Å². The molecule has 2 aliphatic rings. The highest BCUT2D eigenvalue weighted by Crippen LogP contribution is 2.31. The molecule has 2 fully saturated rings. The van der Waals surface area contributed by atoms with E-state index in [4.69, 9.17) is 4.74 Å². The van der Waals surface area contributed by atoms with Gasteiger partial charge in [0.2, 0.25) is 5.91 Å². The van der Waals surface area contributed by atoms with Crippen LogP contribution in [0.3, 0.4) is 0 Å². The summed E-state index contributed by atoms with van der Waals surface area (Å²) >= 11 is 0. The molecule has 108 valence electrons. The van der Waals surface area contributed by atoms with E-state index in [1.165, 1.54) is 6.07 Å². The smallest absolute Gasteiger partial charge is 0.238 e. The van der Waals surface area contributed by atoms with E-state index in [-0.39, 0.29) is 24.6 Å². The van der Waals surface area contributed by atoms with Gasteiger partial charge in [0.1, 0.15) is 6.17 Å². The molecule has 4 nitrogen and oxygen atoms in total. The molecule has 0 saturated carbocycles. The van der Waals surface area contributed by atoms with Crippen molar-refractivity contribution in [3.8, 4) is 0 Å². The molecule has 0 aliphatic carbocycles. The molecule has 0 spiro atoms. The topological polar surface area (TPSA) is 41.6 Å². The molecule has 1 aromatic rings. The standard InChI is InChI=1S/C14H16F2N2O2/c1-8-12(4-5-20-8)18-13(19)7-17-14(18)9-2-3-10(15)11(16)6-9/h2-3,6,8,12,14,17H,4-5,7H2,1H3. The van der Waals surface area contributed by atoms with E-state index in [1.54, 1.807) is 4.90 Å². The molecule has 1 N–H and O–H groups in total. The van der Waals surface area contributed by atoms with Crippen LogP contribution in [0.4, 0.5) is 8.78 Å². The van der Waals surface area contributed by atoms with Crippen LogP contribution in [-0.4, -0.2) is 36.1 Å². The van der Waals surface area contributed by atoms with Crippen LogP contribution in [0.2, 0.25) is 0 Å². The molecular weight excluding hydrogens is 266 g/mol. The van der Waals surface area contributed by atoms with Crippen LogP contribution in [-0.2, 0) is 9.53 Å². The number of ether oxygens (including phenoxy) is 1. The second-order valence-corrected chi connectivity index (χ2v) is 5.19. The summed E-state index contributed by atoms with van der Waals surface area (Å²) in [5.74, 6) is -1.83. The first-order valence-corrected chi connectivity index (χ1v) is 6.69. The average Bonchev–Trinajstić information content (AvgIpc) is 2.99. The van der Waals surface area contributed by atoms with Gasteiger partial charge < -0.3 is 9.64 Å². The van der Waals surface area contributed by atoms with E-state index in [0.29, 0.717) is 12.2 Å². The van der Waals surface area contributed by atoms with Crippen LogP contribution in [0.1, 0.15) is 25.1 Å². The van der Waals surface area contributed by atoms with Crippen molar-refractivity contribution >= 4 is 5.91 Å². The number of carbonyl (C=O) groups excluding carboxylic acids is 1. The predicted octanol–water partition coefficient (Wildman–Crippen LogP) is 1.57. The van der Waals surface area contributed by atoms with E-state index in [1.807, 2.05) is 6.92 Å². The molecule has 2 saturated heterocycles. The van der Waals surface area contributed by atoms with Crippen LogP contribution >= 0.6 is 0 Å². The van der Waals surface area contributed by atoms with Gasteiger partial charge in [-0.05, 0) is 31.0 Å². The zero-order chi connectivity index (χ0) is 14.3. The Morgan fingerprint density at radius 3 is 2.80 bits per heavy atom. The maximum atomic E-state index is 13.4. The molecule has 3 rings (SSSR count). The van der Waals surface area contributed by atoms with Crippen molar-refractivity contribution in [2.45, 2.75) is 31.7 Å². The van der Waals surface area contributed by atoms with Gasteiger partial charge in [-0.1, -0.05) is 6.07 Å². The van der Waals surface area contributed by atoms with Crippen LogP contribution in [0, 0.1) is 11.6 Å². The SMILES string of the molecule is CC1OCCC1N1C(=O)CNC1c1ccc(F)c(F)c1. The summed E-state index contributed by atoms with van der Waals surface area (Å²) < 4.78 is 31.9. The maximum absolute atomic E-state index is 13.4. The lowest BCUT2D eigenvalue weighted by Gasteiger charge is -2.32. The Morgan fingerprint density at radius 1 is 1.35 bits per heavy atom. The summed E-state index contributed by atoms with van der Waals surface area (Å²) in [4.78, 5) is 13.8. The lowest BCUT2D eigenvalue weighted by molar-refractivity contribution is -0.131. The molecule has 0 aromatic heterocycles. The van der Waals surface area contributed by atoms with Crippen molar-refractivity contribution in [3.63, 3.8) is 0 Å². The first-order chi connectivity index (χ1) is 9.58. The first-order valence-electron chi connectivity index (χ1n) is 6.69. The summed E-state index contributed by atoms with van der Waals surface area (Å²) in [5.41, 5.74) is 0.550. The van der Waals surface area contributed by atoms with Gasteiger partial charge in [-0.2, -0.15) is 0 Å². The van der Waals surface area contributed by atoms with E-state index in [0.717, 1.165) is 18.6 Å². The van der Waals surface area contributed by atoms with Crippen molar-refractivity contribution in [1.82, 2.24) is 10.2 Å². The largest absolute Gasteiger partial charge is 0.376 e. The molecule has 2 heterocycles. The van der Waals surface area contributed by atoms with Crippen molar-refractivity contribution in [2.75, 3.05) is 13.2 Å². The third-order valence-electron chi connectivity index (χ3n) is 3.97. The van der Waals surface area contributed by atoms with Gasteiger partial charge in [-0.15, -0.1) is 0 Å². The van der Waals surface area contributed by atoms with E-state index in [9.17, 15) is 13.6 Å². The van der Waals surface area contributed by atoms with Gasteiger partial charge in [0, 0.05) is 6.61 Å². The van der Waals surface area contributed by atoms with Crippen LogP contribution in [0.15, 0.2) is 18.2 Å². The zero-order valence-electron chi connectivity index (χ0n) is 11.1. The number of hydrogen-bond donors (Lipinski definition) is 1. The first kappa shape index (κ1) is 13.5. The summed E-state index contributed by atoms with van der Waals surface area (Å²) in [7, 11) is 0. The zero-order valence-corrected chi connectivity index (χ0v) is 11.1. The summed E-state index contributed by atoms with van der Waals surface area (Å²) in [6.07, 6.45) is 0.285. The fourth-order valence-corrected chi connectivity index (χ4v) is 2.94. The molecular formula is C14H16F2N2O2. The highest BCUT2D eigenvalue weighted by atomic mass is 19.2. The van der Waals surface area contributed by atoms with E-state index >= 15 is 0 Å². The highest BCUT2D eigenvalue weighted by Gasteiger charge is 2.41. The second kappa shape index (κ2) is 5.10. The molecule has 0 bridgehead atoms. The lowest BCUT2D eigenvalue weighted by Crippen LogP contribution is -2.43. The van der Waals surface area contributed by atoms with Crippen LogP contribution in [0.5, 0.6) is 0 Å². The average molecular weight is 282 g/mol. The molecule has 1 amide bonds. The number of rotatable bonds is 2. The molecule has 3 atom stereocenters. The fourth-order valence-electron chi connectivity index (χ4n) is 2.94. The molecule has 0 radical (unpaired) electrons. The molecule has 6 heteroatoms. The maximum Gasteiger partial charge on any atom is 0.238 e. The predicted molar refractivity (Wildman–Crippen MR) is 67.8 cm³/mol. The van der Waals surface area contributed by atoms with Crippen molar-refractivity contribution < 1.29 is 18.3 Å². The van der Waals surface area contributed by atoms with E-state index < -0.39 is 17.8 Å². The Kier molecular flexibility index (Phi) is 3.43. The minimum Gasteiger partial charge on any atom is -0.376 e. The lowest BCUT2D eigenvalue weighted by atomic mass is 10.1. The van der Waals surface area contributed by atoms with Crippen LogP contribution < -0.4 is 5.32 Å². The Balaban J connectivity index is 1.91.